The summed E-state index contributed by atoms with van der Waals surface area (Å²) in [6.07, 6.45) is 1.05. The molecular weight excluding hydrogens is 262 g/mol. The lowest BCUT2D eigenvalue weighted by Crippen LogP contribution is -2.52. The van der Waals surface area contributed by atoms with E-state index in [2.05, 4.69) is 48.3 Å². The van der Waals surface area contributed by atoms with Crippen molar-refractivity contribution in [3.8, 4) is 0 Å². The molecule has 21 heavy (non-hydrogen) atoms. The minimum atomic E-state index is 0.198. The van der Waals surface area contributed by atoms with Crippen LogP contribution in [0.25, 0.3) is 0 Å². The fraction of sp³-hybridized carbons (Fsp3) is 0.588. The van der Waals surface area contributed by atoms with Crippen LogP contribution in [0.2, 0.25) is 0 Å². The predicted molar refractivity (Wildman–Crippen MR) is 86.2 cm³/mol. The molecule has 1 aliphatic rings. The van der Waals surface area contributed by atoms with Crippen LogP contribution in [0.1, 0.15) is 25.0 Å². The SMILES string of the molecule is CCc1ccc(CN(C)C(=O)CN2CCNC[C@H]2C)cc1. The minimum Gasteiger partial charge on any atom is -0.340 e. The van der Waals surface area contributed by atoms with Crippen molar-refractivity contribution < 1.29 is 4.79 Å². The van der Waals surface area contributed by atoms with Gasteiger partial charge in [0.15, 0.2) is 0 Å². The van der Waals surface area contributed by atoms with Crippen LogP contribution in [0.4, 0.5) is 0 Å². The molecule has 0 saturated carbocycles. The number of amides is 1. The van der Waals surface area contributed by atoms with Crippen LogP contribution in [0.5, 0.6) is 0 Å². The molecule has 1 fully saturated rings. The zero-order chi connectivity index (χ0) is 15.2. The monoisotopic (exact) mass is 289 g/mol. The number of carbonyl (C=O) groups excluding carboxylic acids is 1. The summed E-state index contributed by atoms with van der Waals surface area (Å²) in [5.41, 5.74) is 2.53. The van der Waals surface area contributed by atoms with Gasteiger partial charge in [-0.25, -0.2) is 0 Å². The molecule has 116 valence electrons. The van der Waals surface area contributed by atoms with E-state index in [9.17, 15) is 4.79 Å². The van der Waals surface area contributed by atoms with Crippen molar-refractivity contribution >= 4 is 5.91 Å². The van der Waals surface area contributed by atoms with Crippen LogP contribution < -0.4 is 5.32 Å². The summed E-state index contributed by atoms with van der Waals surface area (Å²) in [5.74, 6) is 0.198. The summed E-state index contributed by atoms with van der Waals surface area (Å²) in [4.78, 5) is 16.4. The normalized spacial score (nSPS) is 19.5. The Hall–Kier alpha value is -1.39. The summed E-state index contributed by atoms with van der Waals surface area (Å²) in [5, 5.41) is 3.35. The molecule has 0 bridgehead atoms. The van der Waals surface area contributed by atoms with Crippen LogP contribution in [0.15, 0.2) is 24.3 Å². The van der Waals surface area contributed by atoms with E-state index < -0.39 is 0 Å². The van der Waals surface area contributed by atoms with Crippen molar-refractivity contribution in [2.24, 2.45) is 0 Å². The average molecular weight is 289 g/mol. The van der Waals surface area contributed by atoms with Crippen molar-refractivity contribution in [1.29, 1.82) is 0 Å². The molecule has 0 aromatic heterocycles. The van der Waals surface area contributed by atoms with Gasteiger partial charge in [0.2, 0.25) is 5.91 Å². The van der Waals surface area contributed by atoms with Crippen LogP contribution >= 0.6 is 0 Å². The first-order valence-corrected chi connectivity index (χ1v) is 7.86. The molecular formula is C17H27N3O. The number of carbonyl (C=O) groups is 1. The Balaban J connectivity index is 1.86. The average Bonchev–Trinajstić information content (AvgIpc) is 2.50. The van der Waals surface area contributed by atoms with Gasteiger partial charge < -0.3 is 10.2 Å². The Bertz CT molecular complexity index is 458. The van der Waals surface area contributed by atoms with Crippen molar-refractivity contribution in [3.05, 3.63) is 35.4 Å². The molecule has 1 aromatic rings. The molecule has 4 nitrogen and oxygen atoms in total. The zero-order valence-corrected chi connectivity index (χ0v) is 13.4. The summed E-state index contributed by atoms with van der Waals surface area (Å²) in [6.45, 7) is 8.42. The molecule has 0 spiro atoms. The van der Waals surface area contributed by atoms with E-state index in [0.717, 1.165) is 26.1 Å². The molecule has 1 aliphatic heterocycles. The molecule has 2 rings (SSSR count). The van der Waals surface area contributed by atoms with Crippen LogP contribution in [-0.4, -0.2) is 55.0 Å². The first kappa shape index (κ1) is 16.0. The van der Waals surface area contributed by atoms with Gasteiger partial charge in [-0.15, -0.1) is 0 Å². The third-order valence-corrected chi connectivity index (χ3v) is 4.25. The van der Waals surface area contributed by atoms with Gasteiger partial charge in [0.1, 0.15) is 0 Å². The minimum absolute atomic E-state index is 0.198. The van der Waals surface area contributed by atoms with Crippen molar-refractivity contribution in [1.82, 2.24) is 15.1 Å². The van der Waals surface area contributed by atoms with Gasteiger partial charge in [0, 0.05) is 39.3 Å². The lowest BCUT2D eigenvalue weighted by Gasteiger charge is -2.34. The van der Waals surface area contributed by atoms with E-state index in [1.165, 1.54) is 11.1 Å². The summed E-state index contributed by atoms with van der Waals surface area (Å²) >= 11 is 0. The highest BCUT2D eigenvalue weighted by Gasteiger charge is 2.21. The number of benzene rings is 1. The van der Waals surface area contributed by atoms with E-state index in [1.807, 2.05) is 11.9 Å². The number of nitrogens with one attached hydrogen (secondary N) is 1. The summed E-state index contributed by atoms with van der Waals surface area (Å²) in [7, 11) is 1.89. The largest absolute Gasteiger partial charge is 0.340 e. The van der Waals surface area contributed by atoms with Crippen molar-refractivity contribution in [2.75, 3.05) is 33.2 Å². The first-order chi connectivity index (χ1) is 10.1. The topological polar surface area (TPSA) is 35.6 Å². The second-order valence-electron chi connectivity index (χ2n) is 5.94. The Morgan fingerprint density at radius 2 is 2.00 bits per heavy atom. The van der Waals surface area contributed by atoms with E-state index in [-0.39, 0.29) is 5.91 Å². The van der Waals surface area contributed by atoms with Gasteiger partial charge in [-0.05, 0) is 24.5 Å². The maximum Gasteiger partial charge on any atom is 0.236 e. The Morgan fingerprint density at radius 3 is 2.62 bits per heavy atom. The van der Waals surface area contributed by atoms with Gasteiger partial charge in [0.25, 0.3) is 0 Å². The molecule has 1 N–H and O–H groups in total. The quantitative estimate of drug-likeness (QED) is 0.892. The standard InChI is InChI=1S/C17H27N3O/c1-4-15-5-7-16(8-6-15)12-19(3)17(21)13-20-10-9-18-11-14(20)2/h5-8,14,18H,4,9-13H2,1-3H3/t14-/m1/s1. The maximum absolute atomic E-state index is 12.3. The Labute approximate surface area is 128 Å². The van der Waals surface area contributed by atoms with Crippen molar-refractivity contribution in [3.63, 3.8) is 0 Å². The molecule has 0 aliphatic carbocycles. The summed E-state index contributed by atoms with van der Waals surface area (Å²) in [6, 6.07) is 8.96. The highest BCUT2D eigenvalue weighted by atomic mass is 16.2. The number of nitrogens with zero attached hydrogens (tertiary/aromatic N) is 2. The number of rotatable bonds is 5. The number of piperazine rings is 1. The smallest absolute Gasteiger partial charge is 0.236 e. The number of aryl methyl sites for hydroxylation is 1. The molecule has 0 radical (unpaired) electrons. The molecule has 1 heterocycles. The van der Waals surface area contributed by atoms with E-state index in [4.69, 9.17) is 0 Å². The second kappa shape index (κ2) is 7.57. The van der Waals surface area contributed by atoms with E-state index >= 15 is 0 Å². The van der Waals surface area contributed by atoms with Gasteiger partial charge in [-0.2, -0.15) is 0 Å². The predicted octanol–water partition coefficient (Wildman–Crippen LogP) is 1.50. The van der Waals surface area contributed by atoms with Crippen LogP contribution in [0, 0.1) is 0 Å². The fourth-order valence-corrected chi connectivity index (χ4v) is 2.65. The number of hydrogen-bond donors (Lipinski definition) is 1. The van der Waals surface area contributed by atoms with Gasteiger partial charge in [0.05, 0.1) is 6.54 Å². The van der Waals surface area contributed by atoms with Gasteiger partial charge >= 0.3 is 0 Å². The van der Waals surface area contributed by atoms with Gasteiger partial charge in [-0.3, -0.25) is 9.69 Å². The summed E-state index contributed by atoms with van der Waals surface area (Å²) < 4.78 is 0. The molecule has 1 atom stereocenters. The molecule has 1 amide bonds. The highest BCUT2D eigenvalue weighted by molar-refractivity contribution is 5.78. The zero-order valence-electron chi connectivity index (χ0n) is 13.4. The molecule has 1 saturated heterocycles. The molecule has 0 unspecified atom stereocenters. The van der Waals surface area contributed by atoms with E-state index in [1.54, 1.807) is 0 Å². The lowest BCUT2D eigenvalue weighted by molar-refractivity contribution is -0.132. The first-order valence-electron chi connectivity index (χ1n) is 7.86. The third-order valence-electron chi connectivity index (χ3n) is 4.25. The number of hydrogen-bond acceptors (Lipinski definition) is 3. The Morgan fingerprint density at radius 1 is 1.33 bits per heavy atom. The Kier molecular flexibility index (Phi) is 5.76. The highest BCUT2D eigenvalue weighted by Crippen LogP contribution is 2.09. The third kappa shape index (κ3) is 4.55. The number of likely N-dealkylation sites (N-methyl/N-ethyl adjacent to an activating group) is 1. The second-order valence-corrected chi connectivity index (χ2v) is 5.94. The lowest BCUT2D eigenvalue weighted by atomic mass is 10.1. The van der Waals surface area contributed by atoms with Crippen LogP contribution in [-0.2, 0) is 17.8 Å². The maximum atomic E-state index is 12.3. The molecule has 4 heteroatoms. The van der Waals surface area contributed by atoms with Gasteiger partial charge in [-0.1, -0.05) is 31.2 Å². The molecule has 1 aromatic carbocycles. The van der Waals surface area contributed by atoms with Crippen molar-refractivity contribution in [2.45, 2.75) is 32.9 Å². The van der Waals surface area contributed by atoms with E-state index in [0.29, 0.717) is 19.1 Å². The van der Waals surface area contributed by atoms with Crippen LogP contribution in [0.3, 0.4) is 0 Å². The fourth-order valence-electron chi connectivity index (χ4n) is 2.65.